The maximum absolute atomic E-state index is 12.9. The molecule has 6 heteroatoms. The summed E-state index contributed by atoms with van der Waals surface area (Å²) in [5.41, 5.74) is 2.15. The van der Waals surface area contributed by atoms with E-state index in [-0.39, 0.29) is 18.1 Å². The maximum Gasteiger partial charge on any atom is 0.182 e. The van der Waals surface area contributed by atoms with Crippen LogP contribution in [-0.4, -0.2) is 15.3 Å². The number of halogens is 3. The van der Waals surface area contributed by atoms with Crippen LogP contribution in [-0.2, 0) is 6.54 Å². The fraction of sp³-hybridized carbons (Fsp3) is 0.0667. The number of hydrogen-bond acceptors (Lipinski definition) is 2. The molecular weight excluding hydrogens is 403 g/mol. The van der Waals surface area contributed by atoms with Gasteiger partial charge in [-0.2, -0.15) is 0 Å². The molecule has 0 amide bonds. The maximum atomic E-state index is 12.9. The molecule has 0 aliphatic heterocycles. The van der Waals surface area contributed by atoms with E-state index < -0.39 is 0 Å². The molecule has 0 N–H and O–H groups in total. The van der Waals surface area contributed by atoms with Gasteiger partial charge < -0.3 is 4.57 Å². The summed E-state index contributed by atoms with van der Waals surface area (Å²) >= 11 is 6.86. The van der Waals surface area contributed by atoms with Crippen LogP contribution in [0.2, 0.25) is 0 Å². The molecule has 0 aliphatic carbocycles. The molecule has 0 fully saturated rings. The predicted molar refractivity (Wildman–Crippen MR) is 85.9 cm³/mol. The molecular formula is C15H9Br2FN2O. The molecule has 1 heterocycles. The summed E-state index contributed by atoms with van der Waals surface area (Å²) in [6, 6.07) is 9.34. The highest BCUT2D eigenvalue weighted by atomic mass is 79.9. The lowest BCUT2D eigenvalue weighted by Gasteiger charge is -2.05. The largest absolute Gasteiger partial charge is 0.323 e. The van der Waals surface area contributed by atoms with E-state index in [1.165, 1.54) is 24.3 Å². The van der Waals surface area contributed by atoms with E-state index in [0.717, 1.165) is 20.0 Å². The predicted octanol–water partition coefficient (Wildman–Crippen LogP) is 4.58. The number of aromatic nitrogens is 2. The standard InChI is InChI=1S/C15H9Br2FN2O/c16-11-5-13-14(6-12(11)17)20(8-19-13)7-15(21)9-1-3-10(18)4-2-9/h1-6,8H,7H2. The molecule has 0 saturated heterocycles. The van der Waals surface area contributed by atoms with Gasteiger partial charge in [0.1, 0.15) is 5.82 Å². The molecule has 1 aromatic heterocycles. The third-order valence-electron chi connectivity index (χ3n) is 3.14. The Kier molecular flexibility index (Phi) is 3.91. The SMILES string of the molecule is O=C(Cn1cnc2cc(Br)c(Br)cc21)c1ccc(F)cc1. The average molecular weight is 412 g/mol. The van der Waals surface area contributed by atoms with E-state index in [0.29, 0.717) is 5.56 Å². The summed E-state index contributed by atoms with van der Waals surface area (Å²) in [6.45, 7) is 0.163. The molecule has 0 radical (unpaired) electrons. The van der Waals surface area contributed by atoms with Gasteiger partial charge >= 0.3 is 0 Å². The van der Waals surface area contributed by atoms with Crippen LogP contribution < -0.4 is 0 Å². The highest BCUT2D eigenvalue weighted by molar-refractivity contribution is 9.13. The second kappa shape index (κ2) is 5.69. The van der Waals surface area contributed by atoms with Gasteiger partial charge in [-0.25, -0.2) is 9.37 Å². The van der Waals surface area contributed by atoms with Crippen molar-refractivity contribution in [1.29, 1.82) is 0 Å². The Morgan fingerprint density at radius 2 is 1.81 bits per heavy atom. The number of fused-ring (bicyclic) bond motifs is 1. The highest BCUT2D eigenvalue weighted by Gasteiger charge is 2.11. The van der Waals surface area contributed by atoms with Crippen LogP contribution in [0.3, 0.4) is 0 Å². The fourth-order valence-electron chi connectivity index (χ4n) is 2.06. The Balaban J connectivity index is 1.93. The van der Waals surface area contributed by atoms with Crippen molar-refractivity contribution < 1.29 is 9.18 Å². The third-order valence-corrected chi connectivity index (χ3v) is 4.99. The van der Waals surface area contributed by atoms with Gasteiger partial charge in [-0.15, -0.1) is 0 Å². The number of nitrogens with zero attached hydrogens (tertiary/aromatic N) is 2. The van der Waals surface area contributed by atoms with Gasteiger partial charge in [-0.3, -0.25) is 4.79 Å². The number of hydrogen-bond donors (Lipinski definition) is 0. The number of rotatable bonds is 3. The minimum atomic E-state index is -0.353. The number of Topliss-reactive ketones (excluding diaryl/α,β-unsaturated/α-hetero) is 1. The summed E-state index contributed by atoms with van der Waals surface area (Å²) in [6.07, 6.45) is 1.63. The normalized spacial score (nSPS) is 11.0. The molecule has 106 valence electrons. The molecule has 3 rings (SSSR count). The molecule has 2 aromatic carbocycles. The smallest absolute Gasteiger partial charge is 0.182 e. The van der Waals surface area contributed by atoms with Crippen molar-refractivity contribution in [2.24, 2.45) is 0 Å². The van der Waals surface area contributed by atoms with Crippen molar-refractivity contribution in [3.8, 4) is 0 Å². The van der Waals surface area contributed by atoms with Crippen molar-refractivity contribution in [2.75, 3.05) is 0 Å². The van der Waals surface area contributed by atoms with Gasteiger partial charge in [-0.1, -0.05) is 0 Å². The second-order valence-electron chi connectivity index (χ2n) is 4.56. The Labute approximate surface area is 137 Å². The van der Waals surface area contributed by atoms with Crippen LogP contribution >= 0.6 is 31.9 Å². The zero-order chi connectivity index (χ0) is 15.0. The van der Waals surface area contributed by atoms with Crippen LogP contribution in [0, 0.1) is 5.82 Å². The lowest BCUT2D eigenvalue weighted by molar-refractivity contribution is 0.0973. The summed E-state index contributed by atoms with van der Waals surface area (Å²) in [4.78, 5) is 16.5. The van der Waals surface area contributed by atoms with Gasteiger partial charge in [-0.05, 0) is 68.3 Å². The molecule has 21 heavy (non-hydrogen) atoms. The van der Waals surface area contributed by atoms with E-state index >= 15 is 0 Å². The average Bonchev–Trinajstić information content (AvgIpc) is 2.82. The van der Waals surface area contributed by atoms with Gasteiger partial charge in [0.05, 0.1) is 23.9 Å². The number of imidazole rings is 1. The molecule has 0 atom stereocenters. The molecule has 0 aliphatic rings. The zero-order valence-electron chi connectivity index (χ0n) is 10.7. The summed E-state index contributed by atoms with van der Waals surface area (Å²) in [5.74, 6) is -0.443. The molecule has 0 bridgehead atoms. The van der Waals surface area contributed by atoms with E-state index in [9.17, 15) is 9.18 Å². The molecule has 3 nitrogen and oxygen atoms in total. The van der Waals surface area contributed by atoms with Gasteiger partial charge in [0.2, 0.25) is 0 Å². The molecule has 0 unspecified atom stereocenters. The van der Waals surface area contributed by atoms with Crippen molar-refractivity contribution in [1.82, 2.24) is 9.55 Å². The first-order chi connectivity index (χ1) is 10.0. The topological polar surface area (TPSA) is 34.9 Å². The van der Waals surface area contributed by atoms with Crippen molar-refractivity contribution >= 4 is 48.7 Å². The highest BCUT2D eigenvalue weighted by Crippen LogP contribution is 2.28. The summed E-state index contributed by atoms with van der Waals surface area (Å²) in [7, 11) is 0. The van der Waals surface area contributed by atoms with Crippen LogP contribution in [0.15, 0.2) is 51.7 Å². The minimum Gasteiger partial charge on any atom is -0.323 e. The van der Waals surface area contributed by atoms with Gasteiger partial charge in [0.25, 0.3) is 0 Å². The molecule has 0 saturated carbocycles. The van der Waals surface area contributed by atoms with Crippen molar-refractivity contribution in [3.05, 3.63) is 63.1 Å². The third kappa shape index (κ3) is 2.91. The number of carbonyl (C=O) groups is 1. The number of ketones is 1. The Bertz CT molecular complexity index is 828. The van der Waals surface area contributed by atoms with Crippen molar-refractivity contribution in [3.63, 3.8) is 0 Å². The summed E-state index contributed by atoms with van der Waals surface area (Å²) in [5, 5.41) is 0. The van der Waals surface area contributed by atoms with Gasteiger partial charge in [0, 0.05) is 14.5 Å². The van der Waals surface area contributed by atoms with Crippen LogP contribution in [0.1, 0.15) is 10.4 Å². The van der Waals surface area contributed by atoms with Gasteiger partial charge in [0.15, 0.2) is 5.78 Å². The van der Waals surface area contributed by atoms with E-state index in [2.05, 4.69) is 36.8 Å². The number of benzene rings is 2. The lowest BCUT2D eigenvalue weighted by Crippen LogP contribution is -2.09. The Morgan fingerprint density at radius 1 is 1.14 bits per heavy atom. The minimum absolute atomic E-state index is 0.0895. The van der Waals surface area contributed by atoms with E-state index in [4.69, 9.17) is 0 Å². The fourth-order valence-corrected chi connectivity index (χ4v) is 2.72. The Hall–Kier alpha value is -1.53. The van der Waals surface area contributed by atoms with E-state index in [1.807, 2.05) is 12.1 Å². The molecule has 3 aromatic rings. The first kappa shape index (κ1) is 14.4. The first-order valence-electron chi connectivity index (χ1n) is 6.13. The number of carbonyl (C=O) groups excluding carboxylic acids is 1. The van der Waals surface area contributed by atoms with Crippen LogP contribution in [0.4, 0.5) is 4.39 Å². The van der Waals surface area contributed by atoms with Crippen LogP contribution in [0.25, 0.3) is 11.0 Å². The van der Waals surface area contributed by atoms with Crippen LogP contribution in [0.5, 0.6) is 0 Å². The van der Waals surface area contributed by atoms with Crippen molar-refractivity contribution in [2.45, 2.75) is 6.54 Å². The van der Waals surface area contributed by atoms with E-state index in [1.54, 1.807) is 10.9 Å². The summed E-state index contributed by atoms with van der Waals surface area (Å²) < 4.78 is 16.5. The zero-order valence-corrected chi connectivity index (χ0v) is 13.9. The molecule has 0 spiro atoms. The lowest BCUT2D eigenvalue weighted by atomic mass is 10.1. The first-order valence-corrected chi connectivity index (χ1v) is 7.72. The quantitative estimate of drug-likeness (QED) is 0.591. The monoisotopic (exact) mass is 410 g/mol. The second-order valence-corrected chi connectivity index (χ2v) is 6.27. The Morgan fingerprint density at radius 3 is 2.52 bits per heavy atom.